The van der Waals surface area contributed by atoms with E-state index >= 15 is 0 Å². The Kier molecular flexibility index (Phi) is 6.86. The zero-order chi connectivity index (χ0) is 20.5. The third kappa shape index (κ3) is 4.79. The van der Waals surface area contributed by atoms with Gasteiger partial charge < -0.3 is 21.8 Å². The van der Waals surface area contributed by atoms with Crippen molar-refractivity contribution in [1.82, 2.24) is 9.97 Å². The monoisotopic (exact) mass is 455 g/mol. The predicted octanol–water partition coefficient (Wildman–Crippen LogP) is 6.13. The summed E-state index contributed by atoms with van der Waals surface area (Å²) in [6.07, 6.45) is 0. The molecule has 2 aromatic carbocycles. The standard InChI is InChI=1S/C10H10Cl2FN3.C6H5Cl2FN2/c1-4(2)14-10-15-6-3-5(11)7(12)8(13)9(6)16-10;7-2-1-3(10)6(11)5(9)4(2)8/h3-4H,1-2H3,(H2,14,15,16);1H,10-11H2. The summed E-state index contributed by atoms with van der Waals surface area (Å²) in [6, 6.07) is 3.07. The van der Waals surface area contributed by atoms with Gasteiger partial charge >= 0.3 is 0 Å². The lowest BCUT2D eigenvalue weighted by atomic mass is 10.2. The smallest absolute Gasteiger partial charge is 0.201 e. The van der Waals surface area contributed by atoms with Crippen molar-refractivity contribution in [3.63, 3.8) is 0 Å². The Balaban J connectivity index is 0.000000208. The maximum Gasteiger partial charge on any atom is 0.201 e. The zero-order valence-corrected chi connectivity index (χ0v) is 17.1. The minimum atomic E-state index is -0.767. The minimum absolute atomic E-state index is 0.0656. The van der Waals surface area contributed by atoms with Crippen LogP contribution in [0.15, 0.2) is 12.1 Å². The van der Waals surface area contributed by atoms with Gasteiger partial charge in [-0.3, -0.25) is 0 Å². The Hall–Kier alpha value is -1.67. The molecule has 0 aliphatic heterocycles. The summed E-state index contributed by atoms with van der Waals surface area (Å²) < 4.78 is 26.5. The number of benzene rings is 2. The van der Waals surface area contributed by atoms with E-state index in [1.165, 1.54) is 6.07 Å². The van der Waals surface area contributed by atoms with Crippen LogP contribution < -0.4 is 16.8 Å². The molecule has 0 saturated carbocycles. The number of nitrogens with one attached hydrogen (secondary N) is 2. The summed E-state index contributed by atoms with van der Waals surface area (Å²) >= 11 is 22.4. The van der Waals surface area contributed by atoms with Gasteiger partial charge in [0.1, 0.15) is 5.52 Å². The number of nitrogens with zero attached hydrogens (tertiary/aromatic N) is 1. The lowest BCUT2D eigenvalue weighted by Gasteiger charge is -2.04. The number of aromatic nitrogens is 2. The van der Waals surface area contributed by atoms with Crippen molar-refractivity contribution in [3.8, 4) is 0 Å². The lowest BCUT2D eigenvalue weighted by molar-refractivity contribution is 0.633. The number of anilines is 3. The Morgan fingerprint density at radius 2 is 1.56 bits per heavy atom. The maximum atomic E-state index is 13.7. The molecule has 5 nitrogen and oxygen atoms in total. The first-order valence-corrected chi connectivity index (χ1v) is 9.02. The van der Waals surface area contributed by atoms with Gasteiger partial charge in [-0.2, -0.15) is 0 Å². The van der Waals surface area contributed by atoms with Crippen LogP contribution >= 0.6 is 46.4 Å². The number of nitrogens with two attached hydrogens (primary N) is 2. The van der Waals surface area contributed by atoms with Crippen molar-refractivity contribution in [2.75, 3.05) is 16.8 Å². The van der Waals surface area contributed by atoms with Crippen molar-refractivity contribution in [2.24, 2.45) is 0 Å². The van der Waals surface area contributed by atoms with Crippen LogP contribution in [0.5, 0.6) is 0 Å². The number of imidazole rings is 1. The molecule has 0 fully saturated rings. The van der Waals surface area contributed by atoms with Crippen molar-refractivity contribution < 1.29 is 8.78 Å². The van der Waals surface area contributed by atoms with E-state index in [0.29, 0.717) is 11.5 Å². The molecule has 0 aliphatic carbocycles. The number of aromatic amines is 1. The van der Waals surface area contributed by atoms with Crippen molar-refractivity contribution in [1.29, 1.82) is 0 Å². The molecule has 3 rings (SSSR count). The number of hydrogen-bond donors (Lipinski definition) is 4. The quantitative estimate of drug-likeness (QED) is 0.275. The molecule has 0 atom stereocenters. The van der Waals surface area contributed by atoms with E-state index in [0.717, 1.165) is 0 Å². The summed E-state index contributed by atoms with van der Waals surface area (Å²) in [5, 5.41) is 2.98. The molecule has 3 aromatic rings. The van der Waals surface area contributed by atoms with E-state index in [1.807, 2.05) is 13.8 Å². The molecule has 6 N–H and O–H groups in total. The highest BCUT2D eigenvalue weighted by Gasteiger charge is 2.14. The Labute approximate surface area is 173 Å². The molecule has 146 valence electrons. The molecule has 0 aliphatic rings. The normalized spacial score (nSPS) is 10.9. The molecule has 1 aromatic heterocycles. The Morgan fingerprint density at radius 3 is 2.15 bits per heavy atom. The summed E-state index contributed by atoms with van der Waals surface area (Å²) in [5.41, 5.74) is 11.1. The fraction of sp³-hybridized carbons (Fsp3) is 0.188. The number of rotatable bonds is 2. The third-order valence-corrected chi connectivity index (χ3v) is 4.80. The van der Waals surface area contributed by atoms with Gasteiger partial charge in [-0.05, 0) is 26.0 Å². The second-order valence-electron chi connectivity index (χ2n) is 5.76. The molecular formula is C16H15Cl4F2N5. The van der Waals surface area contributed by atoms with E-state index < -0.39 is 11.6 Å². The highest BCUT2D eigenvalue weighted by Crippen LogP contribution is 2.33. The van der Waals surface area contributed by atoms with Crippen molar-refractivity contribution in [3.05, 3.63) is 43.9 Å². The summed E-state index contributed by atoms with van der Waals surface area (Å²) in [6.45, 7) is 3.92. The minimum Gasteiger partial charge on any atom is -0.397 e. The average molecular weight is 457 g/mol. The largest absolute Gasteiger partial charge is 0.397 e. The highest BCUT2D eigenvalue weighted by molar-refractivity contribution is 6.43. The average Bonchev–Trinajstić information content (AvgIpc) is 2.98. The Morgan fingerprint density at radius 1 is 1.00 bits per heavy atom. The van der Waals surface area contributed by atoms with Gasteiger partial charge in [-0.25, -0.2) is 13.8 Å². The molecule has 0 unspecified atom stereocenters. The van der Waals surface area contributed by atoms with E-state index in [1.54, 1.807) is 6.07 Å². The number of fused-ring (bicyclic) bond motifs is 1. The van der Waals surface area contributed by atoms with Crippen LogP contribution in [0.3, 0.4) is 0 Å². The topological polar surface area (TPSA) is 92.8 Å². The first kappa shape index (κ1) is 21.6. The maximum absolute atomic E-state index is 13.7. The highest BCUT2D eigenvalue weighted by atomic mass is 35.5. The zero-order valence-electron chi connectivity index (χ0n) is 14.1. The molecule has 0 radical (unpaired) electrons. The van der Waals surface area contributed by atoms with E-state index in [-0.39, 0.29) is 43.0 Å². The van der Waals surface area contributed by atoms with Crippen LogP contribution in [0, 0.1) is 11.6 Å². The van der Waals surface area contributed by atoms with Gasteiger partial charge in [0.25, 0.3) is 0 Å². The van der Waals surface area contributed by atoms with Gasteiger partial charge in [-0.1, -0.05) is 46.4 Å². The number of hydrogen-bond acceptors (Lipinski definition) is 4. The second-order valence-corrected chi connectivity index (χ2v) is 7.33. The van der Waals surface area contributed by atoms with Crippen LogP contribution in [0.25, 0.3) is 11.0 Å². The number of nitrogen functional groups attached to an aromatic ring is 2. The molecule has 1 heterocycles. The molecular weight excluding hydrogens is 442 g/mol. The summed E-state index contributed by atoms with van der Waals surface area (Å²) in [7, 11) is 0. The summed E-state index contributed by atoms with van der Waals surface area (Å²) in [4.78, 5) is 7.00. The van der Waals surface area contributed by atoms with Gasteiger partial charge in [0.05, 0.1) is 37.0 Å². The fourth-order valence-corrected chi connectivity index (χ4v) is 2.72. The Bertz CT molecular complexity index is 965. The number of H-pyrrole nitrogens is 1. The SMILES string of the molecule is CC(C)Nc1nc2c(F)c(Cl)c(Cl)cc2[nH]1.Nc1cc(Cl)c(Cl)c(F)c1N. The van der Waals surface area contributed by atoms with Crippen molar-refractivity contribution in [2.45, 2.75) is 19.9 Å². The molecule has 0 spiro atoms. The van der Waals surface area contributed by atoms with Crippen molar-refractivity contribution >= 4 is 74.8 Å². The fourth-order valence-electron chi connectivity index (χ4n) is 2.03. The first-order chi connectivity index (χ1) is 12.5. The van der Waals surface area contributed by atoms with Gasteiger partial charge in [0.15, 0.2) is 11.6 Å². The third-order valence-electron chi connectivity index (χ3n) is 3.27. The van der Waals surface area contributed by atoms with E-state index in [2.05, 4.69) is 15.3 Å². The van der Waals surface area contributed by atoms with Crippen LogP contribution in [0.1, 0.15) is 13.8 Å². The molecule has 0 saturated heterocycles. The molecule has 0 amide bonds. The second kappa shape index (κ2) is 8.56. The van der Waals surface area contributed by atoms with E-state index in [9.17, 15) is 8.78 Å². The summed E-state index contributed by atoms with van der Waals surface area (Å²) in [5.74, 6) is -0.865. The molecule has 27 heavy (non-hydrogen) atoms. The van der Waals surface area contributed by atoms with Gasteiger partial charge in [0, 0.05) is 6.04 Å². The molecule has 0 bridgehead atoms. The van der Waals surface area contributed by atoms with Crippen LogP contribution in [0.2, 0.25) is 20.1 Å². The van der Waals surface area contributed by atoms with Crippen LogP contribution in [-0.4, -0.2) is 16.0 Å². The van der Waals surface area contributed by atoms with Gasteiger partial charge in [-0.15, -0.1) is 0 Å². The van der Waals surface area contributed by atoms with Crippen LogP contribution in [0.4, 0.5) is 26.1 Å². The van der Waals surface area contributed by atoms with E-state index in [4.69, 9.17) is 57.9 Å². The first-order valence-electron chi connectivity index (χ1n) is 7.51. The number of halogens is 6. The molecule has 11 heteroatoms. The lowest BCUT2D eigenvalue weighted by Crippen LogP contribution is -2.10. The predicted molar refractivity (Wildman–Crippen MR) is 110 cm³/mol. The van der Waals surface area contributed by atoms with Crippen LogP contribution in [-0.2, 0) is 0 Å². The van der Waals surface area contributed by atoms with Gasteiger partial charge in [0.2, 0.25) is 5.95 Å².